The average Bonchev–Trinajstić information content (AvgIpc) is 4.23. The summed E-state index contributed by atoms with van der Waals surface area (Å²) in [5, 5.41) is 18.8. The number of piperidine rings is 3. The first-order chi connectivity index (χ1) is 35.6. The first-order valence-corrected chi connectivity index (χ1v) is 28.9. The van der Waals surface area contributed by atoms with Gasteiger partial charge in [0.05, 0.1) is 22.9 Å². The fraction of sp³-hybridized carbons (Fsp3) is 0.473. The second-order valence-electron chi connectivity index (χ2n) is 20.8. The van der Waals surface area contributed by atoms with Crippen LogP contribution in [0.3, 0.4) is 0 Å². The van der Waals surface area contributed by atoms with Gasteiger partial charge in [-0.1, -0.05) is 69.2 Å². The van der Waals surface area contributed by atoms with E-state index in [1.54, 1.807) is 61.3 Å². The van der Waals surface area contributed by atoms with Crippen LogP contribution in [-0.4, -0.2) is 92.6 Å². The second kappa shape index (κ2) is 21.9. The van der Waals surface area contributed by atoms with Crippen LogP contribution in [-0.2, 0) is 32.3 Å². The topological polar surface area (TPSA) is 189 Å². The molecule has 0 radical (unpaired) electrons. The number of amides is 8. The molecule has 9 aliphatic rings. The van der Waals surface area contributed by atoms with Gasteiger partial charge in [0, 0.05) is 67.8 Å². The molecule has 390 valence electrons. The third-order valence-electron chi connectivity index (χ3n) is 15.9. The zero-order valence-electron chi connectivity index (χ0n) is 41.7. The lowest BCUT2D eigenvalue weighted by Crippen LogP contribution is -2.50. The Morgan fingerprint density at radius 2 is 1.28 bits per heavy atom. The smallest absolute Gasteiger partial charge is 0.319 e. The van der Waals surface area contributed by atoms with E-state index in [-0.39, 0.29) is 64.7 Å². The van der Waals surface area contributed by atoms with Gasteiger partial charge in [-0.2, -0.15) is 0 Å². The number of nitrogens with one attached hydrogen (secondary N) is 5. The number of likely N-dealkylation sites (tertiary alicyclic amines) is 1. The summed E-state index contributed by atoms with van der Waals surface area (Å²) >= 11 is 11.0. The molecule has 9 heterocycles. The highest BCUT2D eigenvalue weighted by atomic mass is 35.5. The summed E-state index contributed by atoms with van der Waals surface area (Å²) in [6, 6.07) is 3.90. The standard InChI is InChI=1S/C21H23ClN4O3S.2C17H20N2O2S/c1-11-3-5-13(7-16(11)22)25-21(29)23-9-14-8-15-18(30-14)10-26(20(15)28)17-6-4-12(2)24-19(17)27;1-10-6-7-14(16(20)18-10)19-8-12-13(17(19)21)9-22-15(12)11-4-2-3-5-11;1-10-6-7-14(16(20)18-10)19-8-12-13(11-4-2-3-5-11)9-22-15(12)17(19)21/h3,5,7-8,15,17-18H,2,4,6,9-10H2,1H3,(H,24,27)(H2,23,25,29);2*9,11,14H,1-8H2,(H,18,20). The first-order valence-electron chi connectivity index (χ1n) is 25.9. The highest BCUT2D eigenvalue weighted by molar-refractivity contribution is 8.04. The molecule has 8 amide bonds. The van der Waals surface area contributed by atoms with E-state index in [0.717, 1.165) is 45.1 Å². The number of thiophene rings is 2. The highest BCUT2D eigenvalue weighted by Crippen LogP contribution is 2.46. The van der Waals surface area contributed by atoms with Crippen molar-refractivity contribution in [3.8, 4) is 0 Å². The minimum Gasteiger partial charge on any atom is -0.333 e. The minimum atomic E-state index is -0.420. The maximum atomic E-state index is 12.9. The van der Waals surface area contributed by atoms with Crippen molar-refractivity contribution in [1.29, 1.82) is 0 Å². The normalized spacial score (nSPS) is 25.7. The molecule has 5 N–H and O–H groups in total. The van der Waals surface area contributed by atoms with E-state index in [4.69, 9.17) is 11.6 Å². The van der Waals surface area contributed by atoms with Gasteiger partial charge in [0.15, 0.2) is 0 Å². The summed E-state index contributed by atoms with van der Waals surface area (Å²) in [5.41, 5.74) is 8.37. The van der Waals surface area contributed by atoms with Gasteiger partial charge in [0.25, 0.3) is 11.8 Å². The number of halogens is 1. The lowest BCUT2D eigenvalue weighted by molar-refractivity contribution is -0.139. The molecule has 6 fully saturated rings. The van der Waals surface area contributed by atoms with E-state index in [1.165, 1.54) is 72.9 Å². The minimum absolute atomic E-state index is 0.0195. The number of allylic oxidation sites excluding steroid dienone is 3. The SMILES string of the molecule is C=C1CCC(N2CC3SC(CNC(=O)Nc4ccc(C)c(Cl)c4)=CC3C2=O)C(=O)N1.C=C1CCC(N2Cc3c(C4CCCC4)csc3C2=O)C(=O)N1.C=C1CCC(N2Cc3c(csc3C3CCCC3)C2=O)C(=O)N1. The van der Waals surface area contributed by atoms with Crippen molar-refractivity contribution in [2.75, 3.05) is 18.4 Å². The zero-order chi connectivity index (χ0) is 51.9. The first kappa shape index (κ1) is 51.8. The van der Waals surface area contributed by atoms with Crippen molar-refractivity contribution in [3.05, 3.63) is 119 Å². The van der Waals surface area contributed by atoms with E-state index in [0.29, 0.717) is 80.1 Å². The second-order valence-corrected chi connectivity index (χ2v) is 24.4. The Morgan fingerprint density at radius 3 is 1.86 bits per heavy atom. The van der Waals surface area contributed by atoms with Gasteiger partial charge in [-0.3, -0.25) is 28.8 Å². The fourth-order valence-corrected chi connectivity index (χ4v) is 15.8. The molecule has 0 bridgehead atoms. The maximum absolute atomic E-state index is 12.9. The van der Waals surface area contributed by atoms with Crippen LogP contribution in [0.25, 0.3) is 0 Å². The molecule has 15 nitrogen and oxygen atoms in total. The Hall–Kier alpha value is -5.69. The number of fused-ring (bicyclic) bond motifs is 3. The van der Waals surface area contributed by atoms with Crippen molar-refractivity contribution in [2.45, 2.75) is 145 Å². The van der Waals surface area contributed by atoms with Gasteiger partial charge < -0.3 is 41.3 Å². The number of hydrogen-bond acceptors (Lipinski definition) is 10. The third-order valence-corrected chi connectivity index (χ3v) is 19.9. The van der Waals surface area contributed by atoms with E-state index in [2.05, 4.69) is 51.7 Å². The Bertz CT molecular complexity index is 2770. The summed E-state index contributed by atoms with van der Waals surface area (Å²) in [6.45, 7) is 15.4. The average molecular weight is 1080 g/mol. The monoisotopic (exact) mass is 1080 g/mol. The van der Waals surface area contributed by atoms with Gasteiger partial charge in [-0.15, -0.1) is 34.4 Å². The van der Waals surface area contributed by atoms with Crippen LogP contribution < -0.4 is 26.6 Å². The van der Waals surface area contributed by atoms with E-state index < -0.39 is 6.04 Å². The van der Waals surface area contributed by atoms with Crippen molar-refractivity contribution in [2.24, 2.45) is 5.92 Å². The summed E-state index contributed by atoms with van der Waals surface area (Å²) in [7, 11) is 0. The Labute approximate surface area is 449 Å². The molecule has 0 spiro atoms. The van der Waals surface area contributed by atoms with Crippen LogP contribution in [0.2, 0.25) is 5.02 Å². The predicted molar refractivity (Wildman–Crippen MR) is 290 cm³/mol. The summed E-state index contributed by atoms with van der Waals surface area (Å²) in [4.78, 5) is 95.4. The van der Waals surface area contributed by atoms with Gasteiger partial charge >= 0.3 is 6.03 Å². The molecule has 4 saturated heterocycles. The summed E-state index contributed by atoms with van der Waals surface area (Å²) < 4.78 is 0. The lowest BCUT2D eigenvalue weighted by atomic mass is 9.96. The number of urea groups is 1. The van der Waals surface area contributed by atoms with Crippen molar-refractivity contribution in [3.63, 3.8) is 0 Å². The maximum Gasteiger partial charge on any atom is 0.319 e. The third kappa shape index (κ3) is 10.6. The predicted octanol–water partition coefficient (Wildman–Crippen LogP) is 9.33. The Kier molecular flexibility index (Phi) is 15.3. The largest absolute Gasteiger partial charge is 0.333 e. The van der Waals surface area contributed by atoms with Crippen LogP contribution in [0.5, 0.6) is 0 Å². The number of anilines is 1. The molecule has 7 aliphatic heterocycles. The number of nitrogens with zero attached hydrogens (tertiary/aromatic N) is 3. The van der Waals surface area contributed by atoms with E-state index in [9.17, 15) is 33.6 Å². The molecular weight excluding hydrogens is 1020 g/mol. The molecule has 19 heteroatoms. The Morgan fingerprint density at radius 1 is 0.716 bits per heavy atom. The van der Waals surface area contributed by atoms with Gasteiger partial charge in [-0.05, 0) is 123 Å². The molecule has 2 aromatic heterocycles. The number of benzene rings is 1. The van der Waals surface area contributed by atoms with Gasteiger partial charge in [-0.25, -0.2) is 4.79 Å². The van der Waals surface area contributed by atoms with Crippen LogP contribution in [0, 0.1) is 12.8 Å². The molecule has 2 saturated carbocycles. The quantitative estimate of drug-likeness (QED) is 0.148. The Balaban J connectivity index is 0.000000129. The lowest BCUT2D eigenvalue weighted by Gasteiger charge is -2.31. The molecule has 5 unspecified atom stereocenters. The van der Waals surface area contributed by atoms with Crippen LogP contribution >= 0.6 is 46.0 Å². The van der Waals surface area contributed by atoms with E-state index in [1.807, 2.05) is 24.4 Å². The van der Waals surface area contributed by atoms with Crippen LogP contribution in [0.4, 0.5) is 10.5 Å². The van der Waals surface area contributed by atoms with E-state index >= 15 is 0 Å². The van der Waals surface area contributed by atoms with Crippen molar-refractivity contribution < 1.29 is 33.6 Å². The zero-order valence-corrected chi connectivity index (χ0v) is 44.9. The number of rotatable bonds is 8. The molecular formula is C55H63ClN8O7S3. The number of aryl methyl sites for hydroxylation is 1. The molecule has 2 aliphatic carbocycles. The van der Waals surface area contributed by atoms with Gasteiger partial charge in [0.2, 0.25) is 23.6 Å². The molecule has 74 heavy (non-hydrogen) atoms. The summed E-state index contributed by atoms with van der Waals surface area (Å²) in [6.07, 6.45) is 16.2. The molecule has 5 atom stereocenters. The molecule has 12 rings (SSSR count). The number of hydrogen-bond donors (Lipinski definition) is 5. The van der Waals surface area contributed by atoms with Crippen molar-refractivity contribution >= 4 is 93.2 Å². The molecule has 1 aromatic carbocycles. The van der Waals surface area contributed by atoms with Crippen LogP contribution in [0.15, 0.2) is 76.8 Å². The number of carbonyl (C=O) groups is 7. The highest BCUT2D eigenvalue weighted by Gasteiger charge is 2.48. The van der Waals surface area contributed by atoms with Crippen molar-refractivity contribution in [1.82, 2.24) is 36.0 Å². The summed E-state index contributed by atoms with van der Waals surface area (Å²) in [5.74, 6) is 0.734. The molecule has 3 aromatic rings. The van der Waals surface area contributed by atoms with Crippen LogP contribution in [0.1, 0.15) is 149 Å². The fourth-order valence-electron chi connectivity index (χ4n) is 11.9. The van der Waals surface area contributed by atoms with Gasteiger partial charge in [0.1, 0.15) is 18.1 Å². The number of carbonyl (C=O) groups excluding carboxylic acids is 7. The number of thioether (sulfide) groups is 1.